The molecule has 0 bridgehead atoms. The fourth-order valence-corrected chi connectivity index (χ4v) is 5.54. The summed E-state index contributed by atoms with van der Waals surface area (Å²) in [6, 6.07) is 4.01. The average molecular weight is 568 g/mol. The van der Waals surface area contributed by atoms with Crippen LogP contribution in [0, 0.1) is 0 Å². The van der Waals surface area contributed by atoms with Gasteiger partial charge >= 0.3 is 0 Å². The molecule has 13 heteroatoms. The molecule has 0 unspecified atom stereocenters. The number of morpholine rings is 1. The molecule has 4 aromatic rings. The van der Waals surface area contributed by atoms with Gasteiger partial charge < -0.3 is 24.8 Å². The van der Waals surface area contributed by atoms with Crippen molar-refractivity contribution in [1.29, 1.82) is 0 Å². The summed E-state index contributed by atoms with van der Waals surface area (Å²) in [6.45, 7) is 5.54. The van der Waals surface area contributed by atoms with Crippen molar-refractivity contribution >= 4 is 52.1 Å². The number of anilines is 3. The SMILES string of the molecule is O=C(CNc1c(-c2ccc(N3CCOCC3)nc2)nc2cnccn12)N1CCN(c2c(Cl)cncc2Cl)CC1. The summed E-state index contributed by atoms with van der Waals surface area (Å²) in [7, 11) is 0. The van der Waals surface area contributed by atoms with Crippen LogP contribution in [0.4, 0.5) is 17.3 Å². The Hall–Kier alpha value is -3.67. The number of halogens is 2. The van der Waals surface area contributed by atoms with Crippen molar-refractivity contribution in [2.75, 3.05) is 74.1 Å². The molecular weight excluding hydrogens is 541 g/mol. The second-order valence-corrected chi connectivity index (χ2v) is 10.1. The number of hydrogen-bond acceptors (Lipinski definition) is 9. The highest BCUT2D eigenvalue weighted by Crippen LogP contribution is 2.33. The van der Waals surface area contributed by atoms with Crippen LogP contribution in [0.15, 0.2) is 49.3 Å². The number of nitrogens with one attached hydrogen (secondary N) is 1. The van der Waals surface area contributed by atoms with Gasteiger partial charge in [-0.25, -0.2) is 9.97 Å². The van der Waals surface area contributed by atoms with Gasteiger partial charge in [-0.2, -0.15) is 0 Å². The Labute approximate surface area is 235 Å². The molecule has 0 spiro atoms. The molecule has 2 aliphatic rings. The molecule has 39 heavy (non-hydrogen) atoms. The number of pyridine rings is 2. The Kier molecular flexibility index (Phi) is 7.36. The highest BCUT2D eigenvalue weighted by molar-refractivity contribution is 6.38. The number of aromatic nitrogens is 5. The molecule has 11 nitrogen and oxygen atoms in total. The first kappa shape index (κ1) is 25.6. The van der Waals surface area contributed by atoms with Gasteiger partial charge in [0.15, 0.2) is 5.65 Å². The molecule has 6 rings (SSSR count). The van der Waals surface area contributed by atoms with Crippen LogP contribution in [-0.2, 0) is 9.53 Å². The van der Waals surface area contributed by atoms with E-state index < -0.39 is 0 Å². The summed E-state index contributed by atoms with van der Waals surface area (Å²) in [5, 5.41) is 4.34. The lowest BCUT2D eigenvalue weighted by molar-refractivity contribution is -0.129. The molecule has 0 aromatic carbocycles. The van der Waals surface area contributed by atoms with E-state index in [4.69, 9.17) is 32.9 Å². The standard InChI is InChI=1S/C26H27Cl2N9O2/c27-19-14-30-15-20(28)25(19)36-7-5-35(6-8-36)23(38)17-32-26-24(33-22-16-29-3-4-37(22)26)18-1-2-21(31-13-18)34-9-11-39-12-10-34/h1-4,13-16,32H,5-12,17H2. The van der Waals surface area contributed by atoms with Crippen LogP contribution in [0.2, 0.25) is 10.0 Å². The van der Waals surface area contributed by atoms with Crippen molar-refractivity contribution in [2.45, 2.75) is 0 Å². The highest BCUT2D eigenvalue weighted by Gasteiger charge is 2.25. The number of imidazole rings is 1. The van der Waals surface area contributed by atoms with E-state index >= 15 is 0 Å². The van der Waals surface area contributed by atoms with E-state index in [1.165, 1.54) is 0 Å². The molecule has 1 amide bonds. The second kappa shape index (κ2) is 11.2. The summed E-state index contributed by atoms with van der Waals surface area (Å²) in [5.74, 6) is 1.62. The van der Waals surface area contributed by atoms with Gasteiger partial charge in [-0.1, -0.05) is 23.2 Å². The topological polar surface area (TPSA) is 104 Å². The highest BCUT2D eigenvalue weighted by atomic mass is 35.5. The molecule has 1 N–H and O–H groups in total. The molecule has 0 saturated carbocycles. The summed E-state index contributed by atoms with van der Waals surface area (Å²) in [6.07, 6.45) is 10.2. The minimum absolute atomic E-state index is 0.00248. The van der Waals surface area contributed by atoms with E-state index in [1.807, 2.05) is 33.8 Å². The van der Waals surface area contributed by atoms with Gasteiger partial charge in [-0.3, -0.25) is 19.2 Å². The van der Waals surface area contributed by atoms with Gasteiger partial charge in [-0.15, -0.1) is 0 Å². The number of amides is 1. The maximum Gasteiger partial charge on any atom is 0.242 e. The predicted molar refractivity (Wildman–Crippen MR) is 151 cm³/mol. The van der Waals surface area contributed by atoms with Crippen molar-refractivity contribution in [1.82, 2.24) is 29.2 Å². The summed E-state index contributed by atoms with van der Waals surface area (Å²) < 4.78 is 7.35. The lowest BCUT2D eigenvalue weighted by atomic mass is 10.2. The van der Waals surface area contributed by atoms with Gasteiger partial charge in [0.25, 0.3) is 0 Å². The average Bonchev–Trinajstić information content (AvgIpc) is 3.35. The first-order chi connectivity index (χ1) is 19.1. The summed E-state index contributed by atoms with van der Waals surface area (Å²) >= 11 is 12.7. The first-order valence-electron chi connectivity index (χ1n) is 12.8. The van der Waals surface area contributed by atoms with Gasteiger partial charge in [-0.05, 0) is 12.1 Å². The van der Waals surface area contributed by atoms with Crippen molar-refractivity contribution in [3.8, 4) is 11.3 Å². The quantitative estimate of drug-likeness (QED) is 0.376. The number of piperazine rings is 1. The molecule has 4 aromatic heterocycles. The van der Waals surface area contributed by atoms with E-state index in [2.05, 4.69) is 30.1 Å². The first-order valence-corrected chi connectivity index (χ1v) is 13.5. The molecule has 2 saturated heterocycles. The van der Waals surface area contributed by atoms with E-state index in [-0.39, 0.29) is 12.5 Å². The number of rotatable bonds is 6. The largest absolute Gasteiger partial charge is 0.378 e. The van der Waals surface area contributed by atoms with Crippen LogP contribution >= 0.6 is 23.2 Å². The zero-order chi connectivity index (χ0) is 26.8. The molecule has 2 aliphatic heterocycles. The lowest BCUT2D eigenvalue weighted by Crippen LogP contribution is -2.50. The number of ether oxygens (including phenoxy) is 1. The zero-order valence-corrected chi connectivity index (χ0v) is 22.6. The minimum Gasteiger partial charge on any atom is -0.378 e. The number of hydrogen-bond donors (Lipinski definition) is 1. The Bertz CT molecular complexity index is 1450. The second-order valence-electron chi connectivity index (χ2n) is 9.29. The third-order valence-corrected chi connectivity index (χ3v) is 7.52. The molecular formula is C26H27Cl2N9O2. The molecule has 202 valence electrons. The predicted octanol–water partition coefficient (Wildman–Crippen LogP) is 3.09. The molecule has 0 atom stereocenters. The van der Waals surface area contributed by atoms with Crippen molar-refractivity contribution < 1.29 is 9.53 Å². The Balaban J connectivity index is 1.15. The Morgan fingerprint density at radius 2 is 1.69 bits per heavy atom. The van der Waals surface area contributed by atoms with Gasteiger partial charge in [0.05, 0.1) is 41.7 Å². The number of nitrogens with zero attached hydrogens (tertiary/aromatic N) is 8. The fraction of sp³-hybridized carbons (Fsp3) is 0.346. The van der Waals surface area contributed by atoms with Gasteiger partial charge in [0.2, 0.25) is 5.91 Å². The van der Waals surface area contributed by atoms with E-state index in [9.17, 15) is 4.79 Å². The van der Waals surface area contributed by atoms with E-state index in [0.29, 0.717) is 60.8 Å². The Morgan fingerprint density at radius 1 is 0.923 bits per heavy atom. The van der Waals surface area contributed by atoms with Crippen molar-refractivity contribution in [3.05, 3.63) is 59.4 Å². The number of fused-ring (bicyclic) bond motifs is 1. The number of carbonyl (C=O) groups is 1. The molecule has 0 radical (unpaired) electrons. The fourth-order valence-electron chi connectivity index (χ4n) is 4.94. The van der Waals surface area contributed by atoms with E-state index in [0.717, 1.165) is 36.0 Å². The smallest absolute Gasteiger partial charge is 0.242 e. The normalized spacial score (nSPS) is 16.1. The minimum atomic E-state index is -0.00248. The van der Waals surface area contributed by atoms with Crippen molar-refractivity contribution in [2.24, 2.45) is 0 Å². The van der Waals surface area contributed by atoms with Crippen LogP contribution in [0.25, 0.3) is 16.9 Å². The third-order valence-electron chi connectivity index (χ3n) is 6.97. The summed E-state index contributed by atoms with van der Waals surface area (Å²) in [4.78, 5) is 37.0. The number of carbonyl (C=O) groups excluding carboxylic acids is 1. The summed E-state index contributed by atoms with van der Waals surface area (Å²) in [5.41, 5.74) is 3.00. The van der Waals surface area contributed by atoms with Gasteiger partial charge in [0.1, 0.15) is 17.3 Å². The van der Waals surface area contributed by atoms with Crippen molar-refractivity contribution in [3.63, 3.8) is 0 Å². The lowest BCUT2D eigenvalue weighted by Gasteiger charge is -2.36. The monoisotopic (exact) mass is 567 g/mol. The Morgan fingerprint density at radius 3 is 2.41 bits per heavy atom. The molecule has 2 fully saturated rings. The molecule has 0 aliphatic carbocycles. The van der Waals surface area contributed by atoms with Crippen LogP contribution in [0.3, 0.4) is 0 Å². The van der Waals surface area contributed by atoms with E-state index in [1.54, 1.807) is 24.8 Å². The van der Waals surface area contributed by atoms with Gasteiger partial charge in [0, 0.05) is 75.8 Å². The van der Waals surface area contributed by atoms with Crippen LogP contribution in [-0.4, -0.2) is 94.2 Å². The maximum absolute atomic E-state index is 13.2. The van der Waals surface area contributed by atoms with Crippen LogP contribution in [0.1, 0.15) is 0 Å². The molecule has 6 heterocycles. The maximum atomic E-state index is 13.2. The third kappa shape index (κ3) is 5.29. The van der Waals surface area contributed by atoms with Crippen LogP contribution in [0.5, 0.6) is 0 Å². The zero-order valence-electron chi connectivity index (χ0n) is 21.1. The van der Waals surface area contributed by atoms with Crippen LogP contribution < -0.4 is 15.1 Å².